The topological polar surface area (TPSA) is 67.4 Å². The van der Waals surface area contributed by atoms with E-state index in [4.69, 9.17) is 28.6 Å². The van der Waals surface area contributed by atoms with Gasteiger partial charge in [0.15, 0.2) is 12.4 Å². The lowest BCUT2D eigenvalue weighted by Gasteiger charge is -2.19. The normalized spacial score (nSPS) is 19.4. The third kappa shape index (κ3) is 2.52. The molecular weight excluding hydrogens is 320 g/mol. The molecule has 102 valence electrons. The molecular formula is C12H7ClN2O3S2. The van der Waals surface area contributed by atoms with Crippen molar-refractivity contribution < 1.29 is 14.3 Å². The van der Waals surface area contributed by atoms with E-state index in [1.54, 1.807) is 18.2 Å². The Balaban J connectivity index is 1.99. The molecule has 0 aromatic heterocycles. The summed E-state index contributed by atoms with van der Waals surface area (Å²) in [4.78, 5) is 23.4. The zero-order chi connectivity index (χ0) is 14.3. The van der Waals surface area contributed by atoms with Crippen LogP contribution in [0.15, 0.2) is 17.0 Å². The zero-order valence-corrected chi connectivity index (χ0v) is 12.2. The summed E-state index contributed by atoms with van der Waals surface area (Å²) in [5.74, 6) is -0.0471. The van der Waals surface area contributed by atoms with Crippen molar-refractivity contribution in [3.05, 3.63) is 27.6 Å². The number of anilines is 1. The van der Waals surface area contributed by atoms with Gasteiger partial charge in [-0.3, -0.25) is 9.59 Å². The Labute approximate surface area is 128 Å². The van der Waals surface area contributed by atoms with Gasteiger partial charge in [0.1, 0.15) is 4.32 Å². The standard InChI is InChI=1S/C12H7ClN2O3S2/c13-6-1-5(3-8-11(17)15-12(19)20-8)2-7-10(6)18-4-9(16)14-7/h1-3H,4H2,(H,14,16)(H,15,17,19). The second kappa shape index (κ2) is 5.08. The molecule has 3 rings (SSSR count). The van der Waals surface area contributed by atoms with Gasteiger partial charge in [0.25, 0.3) is 11.8 Å². The fourth-order valence-corrected chi connectivity index (χ4v) is 3.16. The van der Waals surface area contributed by atoms with E-state index in [1.165, 1.54) is 11.8 Å². The number of hydrogen-bond acceptors (Lipinski definition) is 5. The van der Waals surface area contributed by atoms with Crippen molar-refractivity contribution in [2.24, 2.45) is 0 Å². The lowest BCUT2D eigenvalue weighted by molar-refractivity contribution is -0.118. The fraction of sp³-hybridized carbons (Fsp3) is 0.0833. The van der Waals surface area contributed by atoms with Crippen LogP contribution in [0.2, 0.25) is 5.02 Å². The number of thiocarbonyl (C=S) groups is 1. The van der Waals surface area contributed by atoms with Crippen molar-refractivity contribution in [3.63, 3.8) is 0 Å². The summed E-state index contributed by atoms with van der Waals surface area (Å²) in [7, 11) is 0. The van der Waals surface area contributed by atoms with Crippen molar-refractivity contribution in [3.8, 4) is 5.75 Å². The molecule has 8 heteroatoms. The van der Waals surface area contributed by atoms with E-state index in [2.05, 4.69) is 10.6 Å². The molecule has 2 N–H and O–H groups in total. The smallest absolute Gasteiger partial charge is 0.263 e. The average Bonchev–Trinajstić information content (AvgIpc) is 2.67. The summed E-state index contributed by atoms with van der Waals surface area (Å²) in [5, 5.41) is 5.58. The molecule has 1 saturated heterocycles. The maximum atomic E-state index is 11.6. The van der Waals surface area contributed by atoms with Gasteiger partial charge in [-0.05, 0) is 23.8 Å². The highest BCUT2D eigenvalue weighted by Crippen LogP contribution is 2.37. The van der Waals surface area contributed by atoms with E-state index in [-0.39, 0.29) is 18.4 Å². The molecule has 0 atom stereocenters. The molecule has 1 aromatic carbocycles. The number of halogens is 1. The number of carbonyl (C=O) groups excluding carboxylic acids is 2. The second-order valence-electron chi connectivity index (χ2n) is 4.07. The predicted molar refractivity (Wildman–Crippen MR) is 81.9 cm³/mol. The minimum absolute atomic E-state index is 0.0559. The van der Waals surface area contributed by atoms with Gasteiger partial charge in [-0.2, -0.15) is 0 Å². The van der Waals surface area contributed by atoms with Crippen molar-refractivity contribution in [1.82, 2.24) is 5.32 Å². The summed E-state index contributed by atoms with van der Waals surface area (Å²) in [6, 6.07) is 3.36. The van der Waals surface area contributed by atoms with Crippen LogP contribution in [0.3, 0.4) is 0 Å². The number of fused-ring (bicyclic) bond motifs is 1. The predicted octanol–water partition coefficient (Wildman–Crippen LogP) is 2.16. The summed E-state index contributed by atoms with van der Waals surface area (Å²) in [5.41, 5.74) is 1.17. The Kier molecular flexibility index (Phi) is 3.41. The molecule has 0 spiro atoms. The maximum absolute atomic E-state index is 11.6. The Morgan fingerprint density at radius 3 is 2.85 bits per heavy atom. The molecule has 0 bridgehead atoms. The number of ether oxygens (including phenoxy) is 1. The van der Waals surface area contributed by atoms with Gasteiger partial charge in [0.2, 0.25) is 0 Å². The molecule has 2 heterocycles. The molecule has 1 fully saturated rings. The zero-order valence-electron chi connectivity index (χ0n) is 9.86. The van der Waals surface area contributed by atoms with E-state index < -0.39 is 0 Å². The van der Waals surface area contributed by atoms with Gasteiger partial charge >= 0.3 is 0 Å². The van der Waals surface area contributed by atoms with Gasteiger partial charge in [-0.15, -0.1) is 0 Å². The number of thioether (sulfide) groups is 1. The largest absolute Gasteiger partial charge is 0.480 e. The highest BCUT2D eigenvalue weighted by Gasteiger charge is 2.23. The van der Waals surface area contributed by atoms with Gasteiger partial charge < -0.3 is 15.4 Å². The summed E-state index contributed by atoms with van der Waals surface area (Å²) < 4.78 is 5.68. The van der Waals surface area contributed by atoms with Crippen LogP contribution >= 0.6 is 35.6 Å². The monoisotopic (exact) mass is 326 g/mol. The lowest BCUT2D eigenvalue weighted by Crippen LogP contribution is -2.25. The maximum Gasteiger partial charge on any atom is 0.263 e. The number of carbonyl (C=O) groups is 2. The Morgan fingerprint density at radius 2 is 2.15 bits per heavy atom. The average molecular weight is 327 g/mol. The summed E-state index contributed by atoms with van der Waals surface area (Å²) >= 11 is 12.2. The lowest BCUT2D eigenvalue weighted by atomic mass is 10.1. The van der Waals surface area contributed by atoms with Gasteiger partial charge in [-0.1, -0.05) is 35.6 Å². The van der Waals surface area contributed by atoms with Crippen LogP contribution in [-0.2, 0) is 9.59 Å². The van der Waals surface area contributed by atoms with Crippen molar-refractivity contribution in [2.45, 2.75) is 0 Å². The molecule has 2 aliphatic heterocycles. The van der Waals surface area contributed by atoms with E-state index in [9.17, 15) is 9.59 Å². The van der Waals surface area contributed by atoms with Crippen LogP contribution in [0.1, 0.15) is 5.56 Å². The SMILES string of the molecule is O=C1COc2c(Cl)cc(C=C3SC(=S)NC3=O)cc2N1. The van der Waals surface area contributed by atoms with Gasteiger partial charge in [0, 0.05) is 0 Å². The van der Waals surface area contributed by atoms with Crippen LogP contribution in [0.5, 0.6) is 5.75 Å². The van der Waals surface area contributed by atoms with Crippen LogP contribution in [0.4, 0.5) is 5.69 Å². The number of amides is 2. The summed E-state index contributed by atoms with van der Waals surface area (Å²) in [6.07, 6.45) is 1.66. The van der Waals surface area contributed by atoms with Crippen LogP contribution in [0, 0.1) is 0 Å². The van der Waals surface area contributed by atoms with Crippen LogP contribution in [-0.4, -0.2) is 22.7 Å². The Hall–Kier alpha value is -1.57. The molecule has 1 aromatic rings. The third-order valence-electron chi connectivity index (χ3n) is 2.63. The van der Waals surface area contributed by atoms with E-state index in [1.807, 2.05) is 0 Å². The minimum Gasteiger partial charge on any atom is -0.480 e. The van der Waals surface area contributed by atoms with Crippen LogP contribution in [0.25, 0.3) is 6.08 Å². The van der Waals surface area contributed by atoms with Gasteiger partial charge in [0.05, 0.1) is 15.6 Å². The fourth-order valence-electron chi connectivity index (χ4n) is 1.83. The number of benzene rings is 1. The van der Waals surface area contributed by atoms with Crippen molar-refractivity contribution in [2.75, 3.05) is 11.9 Å². The molecule has 20 heavy (non-hydrogen) atoms. The molecule has 2 aliphatic rings. The number of nitrogens with one attached hydrogen (secondary N) is 2. The van der Waals surface area contributed by atoms with Crippen LogP contribution < -0.4 is 15.4 Å². The quantitative estimate of drug-likeness (QED) is 0.611. The van der Waals surface area contributed by atoms with Crippen molar-refractivity contribution in [1.29, 1.82) is 0 Å². The van der Waals surface area contributed by atoms with E-state index in [0.29, 0.717) is 31.2 Å². The first-order valence-corrected chi connectivity index (χ1v) is 7.14. The molecule has 2 amide bonds. The van der Waals surface area contributed by atoms with E-state index >= 15 is 0 Å². The Morgan fingerprint density at radius 1 is 1.35 bits per heavy atom. The molecule has 0 aliphatic carbocycles. The first-order chi connectivity index (χ1) is 9.52. The second-order valence-corrected chi connectivity index (χ2v) is 6.19. The van der Waals surface area contributed by atoms with Gasteiger partial charge in [-0.25, -0.2) is 0 Å². The van der Waals surface area contributed by atoms with Crippen molar-refractivity contribution >= 4 is 63.5 Å². The molecule has 0 saturated carbocycles. The van der Waals surface area contributed by atoms with E-state index in [0.717, 1.165) is 0 Å². The number of hydrogen-bond donors (Lipinski definition) is 2. The summed E-state index contributed by atoms with van der Waals surface area (Å²) in [6.45, 7) is -0.0559. The first-order valence-electron chi connectivity index (χ1n) is 5.54. The highest BCUT2D eigenvalue weighted by atomic mass is 35.5. The highest BCUT2D eigenvalue weighted by molar-refractivity contribution is 8.26. The first kappa shape index (κ1) is 13.4. The third-order valence-corrected chi connectivity index (χ3v) is 4.07. The molecule has 0 radical (unpaired) electrons. The molecule has 5 nitrogen and oxygen atoms in total. The number of rotatable bonds is 1. The minimum atomic E-state index is -0.243. The Bertz CT molecular complexity index is 688. The molecule has 0 unspecified atom stereocenters.